The number of phenolic OH excluding ortho intramolecular Hbond substituents is 1. The van der Waals surface area contributed by atoms with Gasteiger partial charge < -0.3 is 15.1 Å². The van der Waals surface area contributed by atoms with E-state index in [-0.39, 0.29) is 12.6 Å². The molecule has 1 unspecified atom stereocenters. The molecule has 1 aromatic carbocycles. The molecule has 2 heterocycles. The quantitative estimate of drug-likeness (QED) is 0.906. The highest BCUT2D eigenvalue weighted by molar-refractivity contribution is 5.48. The van der Waals surface area contributed by atoms with Gasteiger partial charge in [0.2, 0.25) is 0 Å². The molecule has 0 saturated carbocycles. The number of aromatic hydroxyl groups is 1. The van der Waals surface area contributed by atoms with Crippen molar-refractivity contribution in [3.8, 4) is 5.75 Å². The van der Waals surface area contributed by atoms with Crippen LogP contribution >= 0.6 is 0 Å². The molecule has 0 aliphatic carbocycles. The second kappa shape index (κ2) is 7.20. The Balaban J connectivity index is 1.90. The Morgan fingerprint density at radius 2 is 2.00 bits per heavy atom. The fourth-order valence-corrected chi connectivity index (χ4v) is 3.25. The fourth-order valence-electron chi connectivity index (χ4n) is 3.25. The van der Waals surface area contributed by atoms with E-state index < -0.39 is 0 Å². The van der Waals surface area contributed by atoms with E-state index in [2.05, 4.69) is 15.9 Å². The van der Waals surface area contributed by atoms with Crippen LogP contribution in [0.5, 0.6) is 5.75 Å². The van der Waals surface area contributed by atoms with Crippen molar-refractivity contribution in [2.75, 3.05) is 25.1 Å². The zero-order valence-corrected chi connectivity index (χ0v) is 14.3. The van der Waals surface area contributed by atoms with Gasteiger partial charge in [0.25, 0.3) is 0 Å². The summed E-state index contributed by atoms with van der Waals surface area (Å²) in [6.45, 7) is 4.41. The Morgan fingerprint density at radius 3 is 2.75 bits per heavy atom. The average Bonchev–Trinajstić information content (AvgIpc) is 2.57. The third-order valence-corrected chi connectivity index (χ3v) is 4.75. The molecule has 0 fully saturated rings. The molecule has 3 rings (SSSR count). The van der Waals surface area contributed by atoms with Crippen LogP contribution in [0, 0.1) is 6.92 Å². The molecule has 5 heteroatoms. The SMILES string of the molecule is Cc1ccc2c(n1)N(C)C(CO)CCN(Cc1ccccc1O)C2. The lowest BCUT2D eigenvalue weighted by atomic mass is 10.1. The second-order valence-corrected chi connectivity index (χ2v) is 6.51. The minimum absolute atomic E-state index is 0.0465. The molecule has 2 aromatic rings. The molecule has 24 heavy (non-hydrogen) atoms. The molecule has 0 bridgehead atoms. The van der Waals surface area contributed by atoms with Crippen LogP contribution in [-0.2, 0) is 13.1 Å². The second-order valence-electron chi connectivity index (χ2n) is 6.51. The molecular formula is C19H25N3O2. The van der Waals surface area contributed by atoms with Crippen molar-refractivity contribution in [1.82, 2.24) is 9.88 Å². The molecule has 0 radical (unpaired) electrons. The van der Waals surface area contributed by atoms with Gasteiger partial charge in [-0.15, -0.1) is 0 Å². The number of benzene rings is 1. The predicted molar refractivity (Wildman–Crippen MR) is 95.1 cm³/mol. The maximum atomic E-state index is 10.1. The van der Waals surface area contributed by atoms with E-state index in [0.29, 0.717) is 12.3 Å². The zero-order chi connectivity index (χ0) is 17.1. The summed E-state index contributed by atoms with van der Waals surface area (Å²) < 4.78 is 0. The van der Waals surface area contributed by atoms with Crippen molar-refractivity contribution in [3.63, 3.8) is 0 Å². The number of hydrogen-bond donors (Lipinski definition) is 2. The van der Waals surface area contributed by atoms with Gasteiger partial charge in [0, 0.05) is 43.5 Å². The first-order valence-electron chi connectivity index (χ1n) is 8.38. The molecule has 2 N–H and O–H groups in total. The van der Waals surface area contributed by atoms with E-state index in [9.17, 15) is 10.2 Å². The van der Waals surface area contributed by atoms with Crippen LogP contribution < -0.4 is 4.90 Å². The summed E-state index contributed by atoms with van der Waals surface area (Å²) >= 11 is 0. The monoisotopic (exact) mass is 327 g/mol. The number of aliphatic hydroxyl groups excluding tert-OH is 1. The van der Waals surface area contributed by atoms with Gasteiger partial charge in [-0.2, -0.15) is 0 Å². The van der Waals surface area contributed by atoms with Gasteiger partial charge in [0.15, 0.2) is 0 Å². The van der Waals surface area contributed by atoms with Crippen LogP contribution in [0.15, 0.2) is 36.4 Å². The molecule has 0 spiro atoms. The van der Waals surface area contributed by atoms with Crippen LogP contribution in [-0.4, -0.2) is 46.3 Å². The van der Waals surface area contributed by atoms with Crippen molar-refractivity contribution >= 4 is 5.82 Å². The number of hydrogen-bond acceptors (Lipinski definition) is 5. The first-order chi connectivity index (χ1) is 11.6. The Kier molecular flexibility index (Phi) is 5.02. The standard InChI is InChI=1S/C19H25N3O2/c1-14-7-8-16-12-22(11-15-5-3-4-6-18(15)24)10-9-17(13-23)21(2)19(16)20-14/h3-8,17,23-24H,9-13H2,1-2H3. The molecular weight excluding hydrogens is 302 g/mol. The summed E-state index contributed by atoms with van der Waals surface area (Å²) in [4.78, 5) is 9.10. The number of pyridine rings is 1. The van der Waals surface area contributed by atoms with E-state index in [1.54, 1.807) is 6.07 Å². The minimum Gasteiger partial charge on any atom is -0.508 e. The largest absolute Gasteiger partial charge is 0.508 e. The maximum Gasteiger partial charge on any atom is 0.133 e. The van der Waals surface area contributed by atoms with Crippen LogP contribution in [0.4, 0.5) is 5.82 Å². The molecule has 5 nitrogen and oxygen atoms in total. The Labute approximate surface area is 143 Å². The number of likely N-dealkylation sites (N-methyl/N-ethyl adjacent to an activating group) is 1. The molecule has 1 aromatic heterocycles. The smallest absolute Gasteiger partial charge is 0.133 e. The molecule has 1 aliphatic rings. The number of para-hydroxylation sites is 1. The van der Waals surface area contributed by atoms with E-state index in [1.807, 2.05) is 38.2 Å². The number of anilines is 1. The van der Waals surface area contributed by atoms with Crippen molar-refractivity contribution < 1.29 is 10.2 Å². The van der Waals surface area contributed by atoms with Crippen LogP contribution in [0.2, 0.25) is 0 Å². The summed E-state index contributed by atoms with van der Waals surface area (Å²) in [6, 6.07) is 11.7. The van der Waals surface area contributed by atoms with Crippen molar-refractivity contribution in [2.24, 2.45) is 0 Å². The van der Waals surface area contributed by atoms with Gasteiger partial charge in [0.05, 0.1) is 12.6 Å². The van der Waals surface area contributed by atoms with Crippen molar-refractivity contribution in [3.05, 3.63) is 53.2 Å². The fraction of sp³-hybridized carbons (Fsp3) is 0.421. The van der Waals surface area contributed by atoms with Crippen LogP contribution in [0.25, 0.3) is 0 Å². The lowest BCUT2D eigenvalue weighted by Gasteiger charge is -2.35. The third-order valence-electron chi connectivity index (χ3n) is 4.75. The maximum absolute atomic E-state index is 10.1. The average molecular weight is 327 g/mol. The first-order valence-corrected chi connectivity index (χ1v) is 8.38. The molecule has 1 aliphatic heterocycles. The number of nitrogens with zero attached hydrogens (tertiary/aromatic N) is 3. The Hall–Kier alpha value is -2.11. The minimum atomic E-state index is 0.0465. The summed E-state index contributed by atoms with van der Waals surface area (Å²) in [5.74, 6) is 1.27. The number of aliphatic hydroxyl groups is 1. The van der Waals surface area contributed by atoms with E-state index in [4.69, 9.17) is 4.98 Å². The summed E-state index contributed by atoms with van der Waals surface area (Å²) in [5, 5.41) is 19.8. The first kappa shape index (κ1) is 16.7. The Bertz CT molecular complexity index is 705. The Morgan fingerprint density at radius 1 is 1.21 bits per heavy atom. The van der Waals surface area contributed by atoms with E-state index >= 15 is 0 Å². The molecule has 128 valence electrons. The number of aryl methyl sites for hydroxylation is 1. The van der Waals surface area contributed by atoms with Gasteiger partial charge >= 0.3 is 0 Å². The van der Waals surface area contributed by atoms with Gasteiger partial charge in [0.1, 0.15) is 11.6 Å². The van der Waals surface area contributed by atoms with Crippen LogP contribution in [0.3, 0.4) is 0 Å². The van der Waals surface area contributed by atoms with Crippen molar-refractivity contribution in [1.29, 1.82) is 0 Å². The highest BCUT2D eigenvalue weighted by Gasteiger charge is 2.24. The topological polar surface area (TPSA) is 59.8 Å². The number of rotatable bonds is 3. The number of fused-ring (bicyclic) bond motifs is 1. The van der Waals surface area contributed by atoms with Crippen LogP contribution in [0.1, 0.15) is 23.2 Å². The van der Waals surface area contributed by atoms with Crippen molar-refractivity contribution in [2.45, 2.75) is 32.5 Å². The normalized spacial score (nSPS) is 18.8. The van der Waals surface area contributed by atoms with Gasteiger partial charge in [-0.25, -0.2) is 4.98 Å². The third kappa shape index (κ3) is 3.52. The molecule has 1 atom stereocenters. The predicted octanol–water partition coefficient (Wildman–Crippen LogP) is 2.30. The molecule has 0 amide bonds. The number of phenols is 1. The zero-order valence-electron chi connectivity index (χ0n) is 14.3. The van der Waals surface area contributed by atoms with E-state index in [1.165, 1.54) is 0 Å². The lowest BCUT2D eigenvalue weighted by molar-refractivity contribution is 0.204. The lowest BCUT2D eigenvalue weighted by Crippen LogP contribution is -2.41. The summed E-state index contributed by atoms with van der Waals surface area (Å²) in [5.41, 5.74) is 3.05. The van der Waals surface area contributed by atoms with Gasteiger partial charge in [-0.05, 0) is 25.5 Å². The summed E-state index contributed by atoms with van der Waals surface area (Å²) in [6.07, 6.45) is 0.857. The van der Waals surface area contributed by atoms with Gasteiger partial charge in [-0.1, -0.05) is 24.3 Å². The summed E-state index contributed by atoms with van der Waals surface area (Å²) in [7, 11) is 2.00. The van der Waals surface area contributed by atoms with Gasteiger partial charge in [-0.3, -0.25) is 4.90 Å². The van der Waals surface area contributed by atoms with E-state index in [0.717, 1.165) is 42.1 Å². The molecule has 0 saturated heterocycles. The highest BCUT2D eigenvalue weighted by atomic mass is 16.3. The number of aromatic nitrogens is 1. The highest BCUT2D eigenvalue weighted by Crippen LogP contribution is 2.27.